The third-order valence-corrected chi connectivity index (χ3v) is 8.31. The molecule has 2 aromatic carbocycles. The fourth-order valence-electron chi connectivity index (χ4n) is 3.30. The van der Waals surface area contributed by atoms with Gasteiger partial charge in [0.2, 0.25) is 0 Å². The Morgan fingerprint density at radius 2 is 1.19 bits per heavy atom. The summed E-state index contributed by atoms with van der Waals surface area (Å²) in [6.45, 7) is 7.48. The van der Waals surface area contributed by atoms with Crippen molar-refractivity contribution in [3.63, 3.8) is 0 Å². The topological polar surface area (TPSA) is 36.9 Å². The summed E-state index contributed by atoms with van der Waals surface area (Å²) in [5.74, 6) is -2.33. The number of hydrogen-bond acceptors (Lipinski definition) is 4. The highest BCUT2D eigenvalue weighted by atomic mass is 79.9. The maximum absolute atomic E-state index is 14.3. The molecule has 0 atom stereocenters. The zero-order valence-corrected chi connectivity index (χ0v) is 21.8. The summed E-state index contributed by atoms with van der Waals surface area (Å²) in [5.41, 5.74) is 0.726. The minimum Gasteiger partial charge on any atom is -0.346 e. The molecule has 4 nitrogen and oxygen atoms in total. The second kappa shape index (κ2) is 10.6. The normalized spacial score (nSPS) is 17.5. The summed E-state index contributed by atoms with van der Waals surface area (Å²) in [5, 5.41) is 0.205. The van der Waals surface area contributed by atoms with E-state index in [4.69, 9.17) is 18.9 Å². The highest BCUT2D eigenvalue weighted by molar-refractivity contribution is 9.10. The maximum Gasteiger partial charge on any atom is 0.185 e. The smallest absolute Gasteiger partial charge is 0.185 e. The maximum atomic E-state index is 14.3. The molecule has 0 radical (unpaired) electrons. The van der Waals surface area contributed by atoms with Gasteiger partial charge in [-0.15, -0.1) is 0 Å². The molecular formula is C21H22Br2F4O4Si. The molecule has 0 spiro atoms. The van der Waals surface area contributed by atoms with E-state index in [9.17, 15) is 17.6 Å². The van der Waals surface area contributed by atoms with Crippen LogP contribution in [0, 0.1) is 23.3 Å². The van der Waals surface area contributed by atoms with Gasteiger partial charge in [-0.25, -0.2) is 17.6 Å². The lowest BCUT2D eigenvalue weighted by molar-refractivity contribution is -0.0452. The molecule has 0 amide bonds. The van der Waals surface area contributed by atoms with Gasteiger partial charge in [-0.3, -0.25) is 0 Å². The van der Waals surface area contributed by atoms with Crippen LogP contribution in [0.25, 0.3) is 0 Å². The number of rotatable bonds is 3. The summed E-state index contributed by atoms with van der Waals surface area (Å²) in [4.78, 5) is 0. The van der Waals surface area contributed by atoms with Crippen LogP contribution in [-0.4, -0.2) is 34.5 Å². The highest BCUT2D eigenvalue weighted by Gasteiger charge is 2.31. The van der Waals surface area contributed by atoms with E-state index in [-0.39, 0.29) is 14.1 Å². The van der Waals surface area contributed by atoms with Gasteiger partial charge >= 0.3 is 0 Å². The Kier molecular flexibility index (Phi) is 8.56. The van der Waals surface area contributed by atoms with Crippen molar-refractivity contribution in [1.82, 2.24) is 0 Å². The average Bonchev–Trinajstić information content (AvgIpc) is 3.41. The van der Waals surface area contributed by atoms with Crippen LogP contribution < -0.4 is 5.19 Å². The third kappa shape index (κ3) is 5.80. The van der Waals surface area contributed by atoms with Crippen molar-refractivity contribution < 1.29 is 36.5 Å². The molecule has 0 aliphatic carbocycles. The summed E-state index contributed by atoms with van der Waals surface area (Å²) in [7, 11) is -2.08. The predicted molar refractivity (Wildman–Crippen MR) is 120 cm³/mol. The zero-order chi connectivity index (χ0) is 23.6. The third-order valence-electron chi connectivity index (χ3n) is 4.71. The molecule has 32 heavy (non-hydrogen) atoms. The molecule has 0 bridgehead atoms. The Balaban J connectivity index is 0.000000186. The molecule has 0 aromatic heterocycles. The van der Waals surface area contributed by atoms with E-state index in [0.29, 0.717) is 37.6 Å². The molecule has 2 aliphatic rings. The molecule has 0 unspecified atom stereocenters. The minimum atomic E-state index is -2.08. The molecular weight excluding hydrogens is 580 g/mol. The molecule has 11 heteroatoms. The first-order chi connectivity index (χ1) is 15.0. The first-order valence-corrected chi connectivity index (χ1v) is 14.9. The molecule has 2 saturated heterocycles. The molecule has 0 N–H and O–H groups in total. The molecule has 2 aliphatic heterocycles. The SMILES string of the molecule is C[Si](C)(C)c1c(F)cc(C2OCCO2)c(Br)c1F.Fc1cc(F)c(Br)c(C2OCCO2)c1. The Labute approximate surface area is 201 Å². The Morgan fingerprint density at radius 1 is 0.719 bits per heavy atom. The van der Waals surface area contributed by atoms with Crippen LogP contribution in [0.3, 0.4) is 0 Å². The van der Waals surface area contributed by atoms with Crippen LogP contribution in [0.1, 0.15) is 23.7 Å². The van der Waals surface area contributed by atoms with Crippen molar-refractivity contribution in [2.24, 2.45) is 0 Å². The Bertz CT molecular complexity index is 975. The second-order valence-corrected chi connectivity index (χ2v) is 14.7. The number of ether oxygens (including phenoxy) is 4. The lowest BCUT2D eigenvalue weighted by Crippen LogP contribution is -2.43. The molecule has 4 rings (SSSR count). The Hall–Kier alpha value is -0.823. The van der Waals surface area contributed by atoms with Gasteiger partial charge in [0.15, 0.2) is 12.6 Å². The summed E-state index contributed by atoms with van der Waals surface area (Å²) < 4.78 is 75.7. The van der Waals surface area contributed by atoms with E-state index in [2.05, 4.69) is 31.9 Å². The first-order valence-electron chi connectivity index (χ1n) is 9.79. The lowest BCUT2D eigenvalue weighted by atomic mass is 10.2. The van der Waals surface area contributed by atoms with Crippen molar-refractivity contribution in [1.29, 1.82) is 0 Å². The van der Waals surface area contributed by atoms with Crippen molar-refractivity contribution in [2.75, 3.05) is 26.4 Å². The number of halogens is 6. The standard InChI is InChI=1S/C12H15BrF2O2Si.C9H7BrF2O2/c1-18(2,3)11-8(14)6-7(9(13)10(11)15)12-16-4-5-17-12;10-8-6(9-13-1-2-14-9)3-5(11)4-7(8)12/h6,12H,4-5H2,1-3H3;3-4,9H,1-2H2. The van der Waals surface area contributed by atoms with Gasteiger partial charge in [-0.1, -0.05) is 19.6 Å². The van der Waals surface area contributed by atoms with Gasteiger partial charge < -0.3 is 18.9 Å². The molecule has 2 aromatic rings. The molecule has 2 fully saturated rings. The van der Waals surface area contributed by atoms with E-state index in [0.717, 1.165) is 6.07 Å². The highest BCUT2D eigenvalue weighted by Crippen LogP contribution is 2.33. The predicted octanol–water partition coefficient (Wildman–Crippen LogP) is 6.09. The second-order valence-electron chi connectivity index (χ2n) is 8.14. The zero-order valence-electron chi connectivity index (χ0n) is 17.6. The van der Waals surface area contributed by atoms with Crippen molar-refractivity contribution >= 4 is 45.1 Å². The minimum absolute atomic E-state index is 0.186. The number of hydrogen-bond donors (Lipinski definition) is 0. The molecule has 0 saturated carbocycles. The fraction of sp³-hybridized carbons (Fsp3) is 0.429. The van der Waals surface area contributed by atoms with Gasteiger partial charge in [-0.2, -0.15) is 0 Å². The van der Waals surface area contributed by atoms with Gasteiger partial charge in [0.05, 0.1) is 43.4 Å². The van der Waals surface area contributed by atoms with Crippen LogP contribution in [0.5, 0.6) is 0 Å². The lowest BCUT2D eigenvalue weighted by Gasteiger charge is -2.21. The summed E-state index contributed by atoms with van der Waals surface area (Å²) in [6.07, 6.45) is -1.35. The fourth-order valence-corrected chi connectivity index (χ4v) is 5.97. The van der Waals surface area contributed by atoms with Crippen molar-refractivity contribution in [3.8, 4) is 0 Å². The first kappa shape index (κ1) is 25.8. The van der Waals surface area contributed by atoms with Crippen molar-refractivity contribution in [2.45, 2.75) is 32.2 Å². The van der Waals surface area contributed by atoms with E-state index >= 15 is 0 Å². The average molecular weight is 602 g/mol. The monoisotopic (exact) mass is 600 g/mol. The Morgan fingerprint density at radius 3 is 1.66 bits per heavy atom. The van der Waals surface area contributed by atoms with Crippen LogP contribution in [0.4, 0.5) is 17.6 Å². The number of benzene rings is 2. The summed E-state index contributed by atoms with van der Waals surface area (Å²) >= 11 is 6.21. The molecule has 176 valence electrons. The van der Waals surface area contributed by atoms with Crippen LogP contribution >= 0.6 is 31.9 Å². The van der Waals surface area contributed by atoms with E-state index in [1.807, 2.05) is 19.6 Å². The van der Waals surface area contributed by atoms with Crippen LogP contribution in [0.2, 0.25) is 19.6 Å². The van der Waals surface area contributed by atoms with Crippen LogP contribution in [-0.2, 0) is 18.9 Å². The van der Waals surface area contributed by atoms with E-state index in [1.165, 1.54) is 12.1 Å². The quantitative estimate of drug-likeness (QED) is 0.242. The van der Waals surface area contributed by atoms with E-state index < -0.39 is 43.9 Å². The van der Waals surface area contributed by atoms with Gasteiger partial charge in [0.25, 0.3) is 0 Å². The van der Waals surface area contributed by atoms with E-state index in [1.54, 1.807) is 0 Å². The summed E-state index contributed by atoms with van der Waals surface area (Å²) in [6, 6.07) is 3.32. The van der Waals surface area contributed by atoms with Gasteiger partial charge in [0.1, 0.15) is 23.3 Å². The van der Waals surface area contributed by atoms with Gasteiger partial charge in [-0.05, 0) is 44.0 Å². The van der Waals surface area contributed by atoms with Gasteiger partial charge in [0, 0.05) is 22.4 Å². The largest absolute Gasteiger partial charge is 0.346 e. The van der Waals surface area contributed by atoms with Crippen molar-refractivity contribution in [3.05, 3.63) is 61.5 Å². The van der Waals surface area contributed by atoms with Crippen LogP contribution in [0.15, 0.2) is 27.1 Å². The molecule has 2 heterocycles.